The molecule has 1 aromatic heterocycles. The van der Waals surface area contributed by atoms with E-state index in [1.807, 2.05) is 98.7 Å². The minimum atomic E-state index is -1.51. The Balaban J connectivity index is 1.06. The average Bonchev–Trinajstić information content (AvgIpc) is 3.78. The van der Waals surface area contributed by atoms with E-state index in [0.717, 1.165) is 39.0 Å². The fraction of sp³-hybridized carbons (Fsp3) is 0.377. The van der Waals surface area contributed by atoms with E-state index in [2.05, 4.69) is 36.6 Å². The van der Waals surface area contributed by atoms with Gasteiger partial charge in [-0.15, -0.1) is 0 Å². The molecule has 20 nitrogen and oxygen atoms in total. The number of allylic oxidation sites excluding steroid dienone is 3. The minimum Gasteiger partial charge on any atom is -0.481 e. The smallest absolute Gasteiger partial charge is 0.336 e. The molecule has 0 spiro atoms. The molecule has 2 aliphatic rings. The Hall–Kier alpha value is -7.43. The van der Waals surface area contributed by atoms with Crippen molar-refractivity contribution in [3.63, 3.8) is 0 Å². The quantitative estimate of drug-likeness (QED) is 0.0225. The standard InChI is InChI=1S/C53H66N10O10S/c1-55-49(68)40(21-23-47(66)67)60-51(70)42(25-30-29-57-39-12-9-8-11-34(30)39)61-50(69)41(20-22-45(54)64)59-46(65)13-7-6-10-24-56-53(74)58-31-14-17-35(38(26-31)52(71)72)48-36-18-15-32(62(2)3)27-43(36)73-44-28-33(63(4)5)16-19-37(44)48/h8-9,11-12,14-19,26-29,40-42,49,51,55,57,60,68,70H,6-7,10,13,20-25H2,1-5H3,(H2,54,64)(H,56,74)(H,59,65)(H,61,69)(H,66,67)(H,71,72)/t40-,41-,42-,49-,51+/m0/s1. The van der Waals surface area contributed by atoms with E-state index in [-0.39, 0.29) is 49.2 Å². The van der Waals surface area contributed by atoms with E-state index < -0.39 is 60.2 Å². The first-order valence-corrected chi connectivity index (χ1v) is 24.7. The number of carbonyl (C=O) groups excluding carboxylic acids is 3. The van der Waals surface area contributed by atoms with E-state index in [0.29, 0.717) is 54.2 Å². The molecule has 3 amide bonds. The summed E-state index contributed by atoms with van der Waals surface area (Å²) in [6.07, 6.45) is 4.98. The molecular formula is C53H66N10O10S. The van der Waals surface area contributed by atoms with Crippen LogP contribution >= 0.6 is 12.2 Å². The fourth-order valence-corrected chi connectivity index (χ4v) is 8.89. The number of rotatable bonds is 25. The van der Waals surface area contributed by atoms with Crippen molar-refractivity contribution < 1.29 is 49.1 Å². The van der Waals surface area contributed by atoms with Crippen LogP contribution < -0.4 is 46.9 Å². The molecule has 0 bridgehead atoms. The zero-order valence-corrected chi connectivity index (χ0v) is 42.9. The maximum atomic E-state index is 14.0. The average molecular weight is 1040 g/mol. The summed E-state index contributed by atoms with van der Waals surface area (Å²) in [4.78, 5) is 75.0. The van der Waals surface area contributed by atoms with Crippen molar-refractivity contribution in [1.29, 1.82) is 0 Å². The first-order chi connectivity index (χ1) is 35.3. The van der Waals surface area contributed by atoms with Crippen molar-refractivity contribution in [2.24, 2.45) is 10.7 Å². The number of hydrogen-bond donors (Lipinski definition) is 11. The minimum absolute atomic E-state index is 0.0349. The van der Waals surface area contributed by atoms with Crippen LogP contribution in [0.4, 0.5) is 11.4 Å². The Morgan fingerprint density at radius 2 is 1.49 bits per heavy atom. The predicted molar refractivity (Wildman–Crippen MR) is 288 cm³/mol. The highest BCUT2D eigenvalue weighted by atomic mass is 32.1. The Morgan fingerprint density at radius 1 is 0.811 bits per heavy atom. The molecule has 394 valence electrons. The maximum Gasteiger partial charge on any atom is 0.336 e. The highest BCUT2D eigenvalue weighted by Gasteiger charge is 2.32. The number of H-pyrrole nitrogens is 1. The van der Waals surface area contributed by atoms with Crippen LogP contribution in [0.1, 0.15) is 68.1 Å². The largest absolute Gasteiger partial charge is 0.481 e. The molecule has 2 heterocycles. The zero-order chi connectivity index (χ0) is 53.6. The lowest BCUT2D eigenvalue weighted by Gasteiger charge is -2.32. The SMILES string of the molecule is CN[C@@H](O)[C@H](CCC(=O)O)N[C@H](O)[C@H](Cc1c[nH]c2ccccc12)NC(=O)[C@H](CCC(N)=O)NC(=O)CCCCCNC(=S)N=C1C=CC(=C2c3ccc(N(C)C)cc3Oc3cc(N(C)C)ccc32)C(C(=O)O)=C1. The fourth-order valence-electron chi connectivity index (χ4n) is 8.68. The number of aromatic nitrogens is 1. The van der Waals surface area contributed by atoms with E-state index >= 15 is 0 Å². The molecule has 21 heteroatoms. The van der Waals surface area contributed by atoms with Gasteiger partial charge in [-0.05, 0) is 105 Å². The van der Waals surface area contributed by atoms with Crippen LogP contribution in [0.5, 0.6) is 11.5 Å². The van der Waals surface area contributed by atoms with Gasteiger partial charge in [-0.2, -0.15) is 0 Å². The Labute approximate surface area is 434 Å². The summed E-state index contributed by atoms with van der Waals surface area (Å²) in [7, 11) is 9.21. The number of unbranched alkanes of at least 4 members (excludes halogenated alkanes) is 2. The number of aromatic amines is 1. The first-order valence-electron chi connectivity index (χ1n) is 24.3. The van der Waals surface area contributed by atoms with Gasteiger partial charge in [0, 0.05) is 117 Å². The number of hydrogen-bond acceptors (Lipinski definition) is 13. The van der Waals surface area contributed by atoms with Gasteiger partial charge < -0.3 is 61.6 Å². The number of amides is 3. The van der Waals surface area contributed by atoms with Crippen LogP contribution in [-0.4, -0.2) is 138 Å². The molecule has 0 fully saturated rings. The second-order valence-electron chi connectivity index (χ2n) is 18.5. The third-order valence-corrected chi connectivity index (χ3v) is 12.9. The number of fused-ring (bicyclic) bond motifs is 3. The number of aliphatic hydroxyl groups is 2. The molecule has 1 aliphatic heterocycles. The highest BCUT2D eigenvalue weighted by Crippen LogP contribution is 2.48. The lowest BCUT2D eigenvalue weighted by atomic mass is 9.84. The number of ether oxygens (including phenoxy) is 1. The lowest BCUT2D eigenvalue weighted by molar-refractivity contribution is -0.137. The number of carboxylic acids is 2. The lowest BCUT2D eigenvalue weighted by Crippen LogP contribution is -2.60. The van der Waals surface area contributed by atoms with Crippen LogP contribution in [0.3, 0.4) is 0 Å². The summed E-state index contributed by atoms with van der Waals surface area (Å²) in [6, 6.07) is 15.9. The summed E-state index contributed by atoms with van der Waals surface area (Å²) in [5.74, 6) is -2.87. The molecule has 0 unspecified atom stereocenters. The number of aliphatic hydroxyl groups excluding tert-OH is 2. The first kappa shape index (κ1) is 55.9. The summed E-state index contributed by atoms with van der Waals surface area (Å²) >= 11 is 5.52. The van der Waals surface area contributed by atoms with Crippen LogP contribution in [0.25, 0.3) is 16.5 Å². The Kier molecular flexibility index (Phi) is 19.6. The van der Waals surface area contributed by atoms with Gasteiger partial charge in [0.05, 0.1) is 17.3 Å². The Morgan fingerprint density at radius 3 is 2.11 bits per heavy atom. The highest BCUT2D eigenvalue weighted by molar-refractivity contribution is 7.80. The van der Waals surface area contributed by atoms with Crippen LogP contribution in [0, 0.1) is 0 Å². The van der Waals surface area contributed by atoms with Gasteiger partial charge in [-0.3, -0.25) is 29.8 Å². The molecule has 0 saturated heterocycles. The topological polar surface area (TPSA) is 296 Å². The van der Waals surface area contributed by atoms with Crippen LogP contribution in [0.2, 0.25) is 0 Å². The number of likely N-dealkylation sites (N-methyl/N-ethyl adjacent to an activating group) is 1. The number of benzene rings is 3. The van der Waals surface area contributed by atoms with Gasteiger partial charge >= 0.3 is 11.9 Å². The van der Waals surface area contributed by atoms with Gasteiger partial charge in [-0.1, -0.05) is 30.7 Å². The van der Waals surface area contributed by atoms with Crippen molar-refractivity contribution in [3.8, 4) is 11.5 Å². The predicted octanol–water partition coefficient (Wildman–Crippen LogP) is 3.82. The number of aliphatic imine (C=N–C) groups is 1. The maximum absolute atomic E-state index is 14.0. The van der Waals surface area contributed by atoms with E-state index in [1.54, 1.807) is 18.3 Å². The summed E-state index contributed by atoms with van der Waals surface area (Å²) in [5.41, 5.74) is 11.9. The van der Waals surface area contributed by atoms with Gasteiger partial charge in [0.15, 0.2) is 5.11 Å². The van der Waals surface area contributed by atoms with Crippen molar-refractivity contribution in [2.75, 3.05) is 51.6 Å². The number of nitrogens with two attached hydrogens (primary N) is 1. The van der Waals surface area contributed by atoms with Crippen molar-refractivity contribution in [3.05, 3.63) is 113 Å². The third-order valence-electron chi connectivity index (χ3n) is 12.7. The van der Waals surface area contributed by atoms with Gasteiger partial charge in [0.1, 0.15) is 30.0 Å². The number of thiocarbonyl (C=S) groups is 1. The number of carbonyl (C=O) groups is 5. The second kappa shape index (κ2) is 26.0. The summed E-state index contributed by atoms with van der Waals surface area (Å²) in [5, 5.41) is 57.1. The second-order valence-corrected chi connectivity index (χ2v) is 18.9. The molecule has 3 aromatic carbocycles. The zero-order valence-electron chi connectivity index (χ0n) is 42.1. The number of nitrogens with zero attached hydrogens (tertiary/aromatic N) is 3. The number of primary amides is 1. The molecule has 74 heavy (non-hydrogen) atoms. The van der Waals surface area contributed by atoms with E-state index in [9.17, 15) is 44.4 Å². The Bertz CT molecular complexity index is 2800. The van der Waals surface area contributed by atoms with Crippen molar-refractivity contribution in [2.45, 2.75) is 88.4 Å². The molecule has 6 rings (SSSR count). The van der Waals surface area contributed by atoms with Crippen molar-refractivity contribution in [1.82, 2.24) is 31.6 Å². The molecular weight excluding hydrogens is 969 g/mol. The molecule has 4 aromatic rings. The molecule has 5 atom stereocenters. The monoisotopic (exact) mass is 1030 g/mol. The molecule has 1 aliphatic carbocycles. The number of carboxylic acid groups (broad SMARTS) is 2. The van der Waals surface area contributed by atoms with Gasteiger partial charge in [-0.25, -0.2) is 9.79 Å². The van der Waals surface area contributed by atoms with Gasteiger partial charge in [0.25, 0.3) is 0 Å². The van der Waals surface area contributed by atoms with Crippen LogP contribution in [0.15, 0.2) is 101 Å². The van der Waals surface area contributed by atoms with Gasteiger partial charge in [0.2, 0.25) is 17.7 Å². The molecule has 12 N–H and O–H groups in total. The summed E-state index contributed by atoms with van der Waals surface area (Å²) < 4.78 is 6.43. The summed E-state index contributed by atoms with van der Waals surface area (Å²) in [6.45, 7) is 0.406. The molecule has 0 radical (unpaired) electrons. The van der Waals surface area contributed by atoms with Crippen molar-refractivity contribution >= 4 is 80.6 Å². The number of nitrogens with one attached hydrogen (secondary N) is 6. The number of aliphatic carboxylic acids is 2. The normalized spacial score (nSPS) is 15.4. The third kappa shape index (κ3) is 14.8. The molecule has 0 saturated carbocycles. The number of anilines is 2. The van der Waals surface area contributed by atoms with Crippen LogP contribution in [-0.2, 0) is 30.4 Å². The van der Waals surface area contributed by atoms with E-state index in [1.165, 1.54) is 13.1 Å². The van der Waals surface area contributed by atoms with E-state index in [4.69, 9.17) is 22.7 Å². The number of para-hydroxylation sites is 1.